The van der Waals surface area contributed by atoms with Gasteiger partial charge in [-0.15, -0.1) is 11.3 Å². The summed E-state index contributed by atoms with van der Waals surface area (Å²) in [5, 5.41) is 3.30. The van der Waals surface area contributed by atoms with Gasteiger partial charge in [-0.25, -0.2) is 4.79 Å². The quantitative estimate of drug-likeness (QED) is 0.795. The molecule has 0 unspecified atom stereocenters. The summed E-state index contributed by atoms with van der Waals surface area (Å²) < 4.78 is 9.69. The zero-order chi connectivity index (χ0) is 17.7. The van der Waals surface area contributed by atoms with Crippen LogP contribution >= 0.6 is 11.3 Å². The number of hydrogen-bond donors (Lipinski definition) is 1. The van der Waals surface area contributed by atoms with Crippen LogP contribution in [0.5, 0.6) is 0 Å². The van der Waals surface area contributed by atoms with Gasteiger partial charge in [-0.2, -0.15) is 0 Å². The Morgan fingerprint density at radius 1 is 1.29 bits per heavy atom. The Labute approximate surface area is 145 Å². The van der Waals surface area contributed by atoms with E-state index in [1.807, 2.05) is 0 Å². The summed E-state index contributed by atoms with van der Waals surface area (Å²) in [6, 6.07) is 0. The maximum Gasteiger partial charge on any atom is 0.341 e. The van der Waals surface area contributed by atoms with E-state index in [1.165, 1.54) is 18.4 Å². The van der Waals surface area contributed by atoms with Crippen molar-refractivity contribution in [1.29, 1.82) is 0 Å². The Hall–Kier alpha value is -1.89. The standard InChI is InChI=1S/C17H23NO5S/c1-4-23-17(21)15-11-6-5-10(2)9-12(11)24-16(15)18-13(19)7-8-14(20)22-3/h10H,4-9H2,1-3H3,(H,18,19)/t10-/m0/s1. The van der Waals surface area contributed by atoms with Gasteiger partial charge in [-0.05, 0) is 37.7 Å². The summed E-state index contributed by atoms with van der Waals surface area (Å²) in [5.41, 5.74) is 1.48. The lowest BCUT2D eigenvalue weighted by Gasteiger charge is -2.18. The summed E-state index contributed by atoms with van der Waals surface area (Å²) in [4.78, 5) is 36.7. The Morgan fingerprint density at radius 2 is 2.04 bits per heavy atom. The van der Waals surface area contributed by atoms with Crippen LogP contribution < -0.4 is 5.32 Å². The number of thiophene rings is 1. The van der Waals surface area contributed by atoms with E-state index in [0.717, 1.165) is 29.7 Å². The first-order valence-electron chi connectivity index (χ1n) is 8.14. The van der Waals surface area contributed by atoms with Gasteiger partial charge in [-0.3, -0.25) is 9.59 Å². The van der Waals surface area contributed by atoms with Crippen LogP contribution in [0.25, 0.3) is 0 Å². The molecule has 0 bridgehead atoms. The minimum Gasteiger partial charge on any atom is -0.469 e. The van der Waals surface area contributed by atoms with E-state index >= 15 is 0 Å². The number of ether oxygens (including phenoxy) is 2. The monoisotopic (exact) mass is 353 g/mol. The molecule has 1 aliphatic rings. The molecule has 1 aromatic heterocycles. The highest BCUT2D eigenvalue weighted by atomic mass is 32.1. The number of methoxy groups -OCH3 is 1. The maximum atomic E-state index is 12.3. The lowest BCUT2D eigenvalue weighted by atomic mass is 9.88. The normalized spacial score (nSPS) is 16.2. The maximum absolute atomic E-state index is 12.3. The lowest BCUT2D eigenvalue weighted by molar-refractivity contribution is -0.141. The Kier molecular flexibility index (Phi) is 6.36. The molecule has 1 aliphatic carbocycles. The molecule has 1 aromatic rings. The predicted molar refractivity (Wildman–Crippen MR) is 91.3 cm³/mol. The third kappa shape index (κ3) is 4.35. The van der Waals surface area contributed by atoms with E-state index in [-0.39, 0.29) is 25.4 Å². The molecule has 0 aromatic carbocycles. The first kappa shape index (κ1) is 18.4. The summed E-state index contributed by atoms with van der Waals surface area (Å²) in [6.07, 6.45) is 2.78. The topological polar surface area (TPSA) is 81.7 Å². The van der Waals surface area contributed by atoms with Crippen molar-refractivity contribution in [2.24, 2.45) is 5.92 Å². The highest BCUT2D eigenvalue weighted by Crippen LogP contribution is 2.40. The van der Waals surface area contributed by atoms with Gasteiger partial charge in [0.05, 0.1) is 25.7 Å². The van der Waals surface area contributed by atoms with Crippen LogP contribution in [-0.2, 0) is 31.9 Å². The average Bonchev–Trinajstić information content (AvgIpc) is 2.89. The van der Waals surface area contributed by atoms with Crippen LogP contribution in [0.3, 0.4) is 0 Å². The number of amides is 1. The molecule has 24 heavy (non-hydrogen) atoms. The van der Waals surface area contributed by atoms with Crippen molar-refractivity contribution < 1.29 is 23.9 Å². The molecule has 0 fully saturated rings. The molecular weight excluding hydrogens is 330 g/mol. The molecule has 1 amide bonds. The van der Waals surface area contributed by atoms with Crippen molar-refractivity contribution in [2.75, 3.05) is 19.0 Å². The fourth-order valence-electron chi connectivity index (χ4n) is 2.76. The SMILES string of the molecule is CCOC(=O)c1c(NC(=O)CCC(=O)OC)sc2c1CC[C@H](C)C2. The summed E-state index contributed by atoms with van der Waals surface area (Å²) in [5.74, 6) is -0.574. The van der Waals surface area contributed by atoms with Crippen molar-refractivity contribution >= 4 is 34.2 Å². The molecule has 6 nitrogen and oxygen atoms in total. The average molecular weight is 353 g/mol. The van der Waals surface area contributed by atoms with E-state index in [9.17, 15) is 14.4 Å². The zero-order valence-corrected chi connectivity index (χ0v) is 15.1. The van der Waals surface area contributed by atoms with Gasteiger partial charge in [0.2, 0.25) is 5.91 Å². The highest BCUT2D eigenvalue weighted by molar-refractivity contribution is 7.17. The van der Waals surface area contributed by atoms with Crippen molar-refractivity contribution in [3.05, 3.63) is 16.0 Å². The van der Waals surface area contributed by atoms with E-state index in [0.29, 0.717) is 16.5 Å². The second kappa shape index (κ2) is 8.28. The van der Waals surface area contributed by atoms with E-state index in [2.05, 4.69) is 17.0 Å². The Balaban J connectivity index is 2.20. The number of nitrogens with one attached hydrogen (secondary N) is 1. The first-order valence-corrected chi connectivity index (χ1v) is 8.96. The summed E-state index contributed by atoms with van der Waals surface area (Å²) in [6.45, 7) is 4.23. The molecule has 1 heterocycles. The Morgan fingerprint density at radius 3 is 2.71 bits per heavy atom. The van der Waals surface area contributed by atoms with Gasteiger partial charge in [-0.1, -0.05) is 6.92 Å². The van der Waals surface area contributed by atoms with Crippen LogP contribution in [0.15, 0.2) is 0 Å². The number of carbonyl (C=O) groups is 3. The van der Waals surface area contributed by atoms with Gasteiger partial charge >= 0.3 is 11.9 Å². The van der Waals surface area contributed by atoms with Crippen molar-refractivity contribution in [3.63, 3.8) is 0 Å². The molecule has 7 heteroatoms. The number of anilines is 1. The summed E-state index contributed by atoms with van der Waals surface area (Å²) >= 11 is 1.44. The van der Waals surface area contributed by atoms with Crippen LogP contribution in [0.4, 0.5) is 5.00 Å². The van der Waals surface area contributed by atoms with Gasteiger partial charge in [0.1, 0.15) is 5.00 Å². The first-order chi connectivity index (χ1) is 11.5. The molecule has 0 aliphatic heterocycles. The van der Waals surface area contributed by atoms with E-state index in [1.54, 1.807) is 6.92 Å². The number of fused-ring (bicyclic) bond motifs is 1. The second-order valence-electron chi connectivity index (χ2n) is 5.90. The van der Waals surface area contributed by atoms with E-state index in [4.69, 9.17) is 4.74 Å². The van der Waals surface area contributed by atoms with Crippen molar-refractivity contribution in [1.82, 2.24) is 0 Å². The highest BCUT2D eigenvalue weighted by Gasteiger charge is 2.29. The zero-order valence-electron chi connectivity index (χ0n) is 14.3. The fourth-order valence-corrected chi connectivity index (χ4v) is 4.18. The lowest BCUT2D eigenvalue weighted by Crippen LogP contribution is -2.17. The third-order valence-electron chi connectivity index (χ3n) is 4.03. The van der Waals surface area contributed by atoms with Crippen LogP contribution in [0.2, 0.25) is 0 Å². The minimum atomic E-state index is -0.435. The van der Waals surface area contributed by atoms with Crippen molar-refractivity contribution in [3.8, 4) is 0 Å². The van der Waals surface area contributed by atoms with Crippen LogP contribution in [-0.4, -0.2) is 31.6 Å². The number of esters is 2. The molecule has 1 N–H and O–H groups in total. The smallest absolute Gasteiger partial charge is 0.341 e. The van der Waals surface area contributed by atoms with Gasteiger partial charge in [0.25, 0.3) is 0 Å². The van der Waals surface area contributed by atoms with Gasteiger partial charge in [0, 0.05) is 11.3 Å². The van der Waals surface area contributed by atoms with Crippen LogP contribution in [0.1, 0.15) is 53.9 Å². The molecule has 132 valence electrons. The fraction of sp³-hybridized carbons (Fsp3) is 0.588. The van der Waals surface area contributed by atoms with Crippen molar-refractivity contribution in [2.45, 2.75) is 46.0 Å². The minimum absolute atomic E-state index is 0.0131. The van der Waals surface area contributed by atoms with Gasteiger partial charge in [0.15, 0.2) is 0 Å². The predicted octanol–water partition coefficient (Wildman–Crippen LogP) is 2.94. The molecule has 0 saturated carbocycles. The second-order valence-corrected chi connectivity index (χ2v) is 7.01. The summed E-state index contributed by atoms with van der Waals surface area (Å²) in [7, 11) is 1.29. The molecule has 0 saturated heterocycles. The number of hydrogen-bond acceptors (Lipinski definition) is 6. The van der Waals surface area contributed by atoms with Gasteiger partial charge < -0.3 is 14.8 Å². The Bertz CT molecular complexity index is 637. The molecule has 1 atom stereocenters. The molecular formula is C17H23NO5S. The molecule has 0 radical (unpaired) electrons. The largest absolute Gasteiger partial charge is 0.469 e. The molecule has 0 spiro atoms. The molecule has 2 rings (SSSR count). The van der Waals surface area contributed by atoms with Crippen LogP contribution in [0, 0.1) is 5.92 Å². The van der Waals surface area contributed by atoms with E-state index < -0.39 is 11.9 Å². The number of rotatable bonds is 6. The number of carbonyl (C=O) groups excluding carboxylic acids is 3. The third-order valence-corrected chi connectivity index (χ3v) is 5.20.